The van der Waals surface area contributed by atoms with Crippen LogP contribution in [0.3, 0.4) is 0 Å². The Hall–Kier alpha value is -2.16. The van der Waals surface area contributed by atoms with Gasteiger partial charge in [-0.15, -0.1) is 0 Å². The Balaban J connectivity index is 2.10. The fourth-order valence-electron chi connectivity index (χ4n) is 2.44. The summed E-state index contributed by atoms with van der Waals surface area (Å²) in [6.45, 7) is 6.00. The first-order valence-corrected chi connectivity index (χ1v) is 8.16. The number of amides is 1. The minimum absolute atomic E-state index is 0.220. The number of hydrogen-bond acceptors (Lipinski definition) is 5. The number of hydrogen-bond donors (Lipinski definition) is 1. The van der Waals surface area contributed by atoms with E-state index >= 15 is 0 Å². The lowest BCUT2D eigenvalue weighted by Crippen LogP contribution is -2.18. The smallest absolute Gasteiger partial charge is 0.358 e. The predicted octanol–water partition coefficient (Wildman–Crippen LogP) is 2.12. The molecule has 0 aliphatic rings. The predicted molar refractivity (Wildman–Crippen MR) is 91.9 cm³/mol. The molecule has 1 amide bonds. The lowest BCUT2D eigenvalue weighted by molar-refractivity contribution is -0.116. The van der Waals surface area contributed by atoms with Gasteiger partial charge in [-0.3, -0.25) is 14.2 Å². The Kier molecular flexibility index (Phi) is 5.43. The first-order chi connectivity index (χ1) is 11.3. The number of carbonyl (C=O) groups excluding carboxylic acids is 2. The number of rotatable bonds is 5. The molecule has 2 aromatic rings. The van der Waals surface area contributed by atoms with Gasteiger partial charge in [-0.05, 0) is 36.7 Å². The molecule has 2 rings (SSSR count). The van der Waals surface area contributed by atoms with Gasteiger partial charge < -0.3 is 10.1 Å². The van der Waals surface area contributed by atoms with Gasteiger partial charge in [0.2, 0.25) is 5.91 Å². The fraction of sp³-hybridized carbons (Fsp3) is 0.467. The molecule has 24 heavy (non-hydrogen) atoms. The van der Waals surface area contributed by atoms with Crippen LogP contribution in [0.5, 0.6) is 0 Å². The molecule has 1 N–H and O–H groups in total. The van der Waals surface area contributed by atoms with Crippen LogP contribution in [0.4, 0.5) is 5.69 Å². The molecule has 0 saturated heterocycles. The highest BCUT2D eigenvalue weighted by atomic mass is 79.9. The fourth-order valence-corrected chi connectivity index (χ4v) is 2.72. The maximum atomic E-state index is 12.3. The minimum Gasteiger partial charge on any atom is -0.464 e. The lowest BCUT2D eigenvalue weighted by atomic mass is 10.2. The van der Waals surface area contributed by atoms with Crippen molar-refractivity contribution in [2.24, 2.45) is 7.05 Å². The summed E-state index contributed by atoms with van der Waals surface area (Å²) in [5.74, 6) is -0.768. The second-order valence-electron chi connectivity index (χ2n) is 5.43. The molecule has 2 aromatic heterocycles. The average Bonchev–Trinajstić information content (AvgIpc) is 2.95. The van der Waals surface area contributed by atoms with Gasteiger partial charge in [-0.25, -0.2) is 4.79 Å². The van der Waals surface area contributed by atoms with Gasteiger partial charge in [-0.2, -0.15) is 10.2 Å². The third-order valence-corrected chi connectivity index (χ3v) is 4.86. The minimum atomic E-state index is -0.545. The number of nitrogens with zero attached hydrogens (tertiary/aromatic N) is 4. The number of ether oxygens (including phenoxy) is 1. The monoisotopic (exact) mass is 397 g/mol. The number of esters is 1. The topological polar surface area (TPSA) is 91.0 Å². The highest BCUT2D eigenvalue weighted by molar-refractivity contribution is 9.10. The average molecular weight is 398 g/mol. The highest BCUT2D eigenvalue weighted by Crippen LogP contribution is 2.22. The summed E-state index contributed by atoms with van der Waals surface area (Å²) in [7, 11) is 2.92. The van der Waals surface area contributed by atoms with E-state index in [4.69, 9.17) is 4.74 Å². The van der Waals surface area contributed by atoms with Gasteiger partial charge in [0.1, 0.15) is 0 Å². The van der Waals surface area contributed by atoms with E-state index < -0.39 is 5.97 Å². The van der Waals surface area contributed by atoms with Crippen LogP contribution in [0.15, 0.2) is 4.47 Å². The van der Waals surface area contributed by atoms with Crippen molar-refractivity contribution in [3.8, 4) is 0 Å². The summed E-state index contributed by atoms with van der Waals surface area (Å²) in [5.41, 5.74) is 3.00. The molecule has 130 valence electrons. The van der Waals surface area contributed by atoms with Crippen LogP contribution >= 0.6 is 15.9 Å². The van der Waals surface area contributed by atoms with Gasteiger partial charge >= 0.3 is 5.97 Å². The Morgan fingerprint density at radius 2 is 1.88 bits per heavy atom. The van der Waals surface area contributed by atoms with E-state index in [1.54, 1.807) is 18.7 Å². The summed E-state index contributed by atoms with van der Waals surface area (Å²) in [5, 5.41) is 11.3. The number of nitrogens with one attached hydrogen (secondary N) is 1. The van der Waals surface area contributed by atoms with Gasteiger partial charge in [0.05, 0.1) is 35.2 Å². The molecule has 0 aliphatic carbocycles. The summed E-state index contributed by atoms with van der Waals surface area (Å²) >= 11 is 3.46. The van der Waals surface area contributed by atoms with Crippen LogP contribution in [-0.4, -0.2) is 38.5 Å². The first-order valence-electron chi connectivity index (χ1n) is 7.37. The number of carbonyl (C=O) groups is 2. The van der Waals surface area contributed by atoms with Gasteiger partial charge in [0.25, 0.3) is 0 Å². The Labute approximate surface area is 148 Å². The summed E-state index contributed by atoms with van der Waals surface area (Å²) in [6, 6.07) is 0. The molecule has 0 spiro atoms. The first kappa shape index (κ1) is 18.2. The maximum Gasteiger partial charge on any atom is 0.358 e. The SMILES string of the molecule is COC(=O)c1c(NC(=O)CCn2nc(C)c(Br)c2C)c(C)nn1C. The molecule has 0 saturated carbocycles. The quantitative estimate of drug-likeness (QED) is 0.780. The van der Waals surface area contributed by atoms with E-state index in [1.807, 2.05) is 13.8 Å². The van der Waals surface area contributed by atoms with Crippen molar-refractivity contribution >= 4 is 33.5 Å². The van der Waals surface area contributed by atoms with Crippen molar-refractivity contribution in [1.29, 1.82) is 0 Å². The number of methoxy groups -OCH3 is 1. The van der Waals surface area contributed by atoms with Crippen LogP contribution in [-0.2, 0) is 23.1 Å². The van der Waals surface area contributed by atoms with E-state index in [9.17, 15) is 9.59 Å². The molecule has 0 aromatic carbocycles. The summed E-state index contributed by atoms with van der Waals surface area (Å²) in [4.78, 5) is 24.1. The zero-order valence-electron chi connectivity index (χ0n) is 14.3. The van der Waals surface area contributed by atoms with Crippen molar-refractivity contribution < 1.29 is 14.3 Å². The lowest BCUT2D eigenvalue weighted by Gasteiger charge is -2.08. The van der Waals surface area contributed by atoms with Crippen LogP contribution in [0.25, 0.3) is 0 Å². The Morgan fingerprint density at radius 1 is 1.21 bits per heavy atom. The van der Waals surface area contributed by atoms with Gasteiger partial charge in [0, 0.05) is 19.2 Å². The Bertz CT molecular complexity index is 794. The van der Waals surface area contributed by atoms with Crippen LogP contribution < -0.4 is 5.32 Å². The second-order valence-corrected chi connectivity index (χ2v) is 6.22. The summed E-state index contributed by atoms with van der Waals surface area (Å²) in [6.07, 6.45) is 0.226. The third kappa shape index (κ3) is 3.50. The Morgan fingerprint density at radius 3 is 2.42 bits per heavy atom. The van der Waals surface area contributed by atoms with Crippen LogP contribution in [0, 0.1) is 20.8 Å². The molecular formula is C15H20BrN5O3. The van der Waals surface area contributed by atoms with Gasteiger partial charge in [-0.1, -0.05) is 0 Å². The number of aryl methyl sites for hydroxylation is 4. The zero-order chi connectivity index (χ0) is 18.0. The summed E-state index contributed by atoms with van der Waals surface area (Å²) < 4.78 is 8.86. The van der Waals surface area contributed by atoms with Crippen molar-refractivity contribution in [3.63, 3.8) is 0 Å². The van der Waals surface area contributed by atoms with Crippen molar-refractivity contribution in [2.75, 3.05) is 12.4 Å². The number of aromatic nitrogens is 4. The van der Waals surface area contributed by atoms with Crippen molar-refractivity contribution in [2.45, 2.75) is 33.7 Å². The molecule has 8 nitrogen and oxygen atoms in total. The maximum absolute atomic E-state index is 12.3. The normalized spacial score (nSPS) is 10.8. The zero-order valence-corrected chi connectivity index (χ0v) is 15.9. The van der Waals surface area contributed by atoms with E-state index in [0.29, 0.717) is 17.9 Å². The molecule has 9 heteroatoms. The molecule has 0 unspecified atom stereocenters. The van der Waals surface area contributed by atoms with Crippen molar-refractivity contribution in [1.82, 2.24) is 19.6 Å². The third-order valence-electron chi connectivity index (χ3n) is 3.71. The van der Waals surface area contributed by atoms with Crippen LogP contribution in [0.2, 0.25) is 0 Å². The number of anilines is 1. The molecule has 0 fully saturated rings. The molecule has 0 atom stereocenters. The second kappa shape index (κ2) is 7.16. The molecule has 0 radical (unpaired) electrons. The standard InChI is InChI=1S/C15H20BrN5O3/c1-8-12(16)10(3)21(19-8)7-6-11(22)17-13-9(2)18-20(4)14(13)15(23)24-5/h6-7H2,1-5H3,(H,17,22). The molecule has 0 aliphatic heterocycles. The molecule has 2 heterocycles. The highest BCUT2D eigenvalue weighted by Gasteiger charge is 2.22. The number of halogens is 1. The molecular weight excluding hydrogens is 378 g/mol. The van der Waals surface area contributed by atoms with Crippen LogP contribution in [0.1, 0.15) is 34.0 Å². The van der Waals surface area contributed by atoms with E-state index in [1.165, 1.54) is 11.8 Å². The van der Waals surface area contributed by atoms with Crippen molar-refractivity contribution in [3.05, 3.63) is 27.2 Å². The van der Waals surface area contributed by atoms with E-state index in [-0.39, 0.29) is 18.0 Å². The van der Waals surface area contributed by atoms with E-state index in [0.717, 1.165) is 15.9 Å². The largest absolute Gasteiger partial charge is 0.464 e. The van der Waals surface area contributed by atoms with Gasteiger partial charge in [0.15, 0.2) is 5.69 Å². The van der Waals surface area contributed by atoms with E-state index in [2.05, 4.69) is 31.4 Å². The molecule has 0 bridgehead atoms.